The molecule has 10 heteroatoms. The molecule has 1 N–H and O–H groups in total. The summed E-state index contributed by atoms with van der Waals surface area (Å²) in [5, 5.41) is 15.8. The molecule has 0 spiro atoms. The number of halogens is 3. The number of methoxy groups -OCH3 is 1. The molecular formula is C30H22F3N5O2. The summed E-state index contributed by atoms with van der Waals surface area (Å²) in [4.78, 5) is 18.3. The smallest absolute Gasteiger partial charge is 0.437 e. The highest BCUT2D eigenvalue weighted by Crippen LogP contribution is 2.37. The molecule has 2 aromatic heterocycles. The Balaban J connectivity index is 1.56. The lowest BCUT2D eigenvalue weighted by Crippen LogP contribution is -2.17. The molecule has 3 aromatic carbocycles. The maximum atomic E-state index is 14.1. The molecule has 40 heavy (non-hydrogen) atoms. The van der Waals surface area contributed by atoms with Crippen molar-refractivity contribution in [3.63, 3.8) is 0 Å². The summed E-state index contributed by atoms with van der Waals surface area (Å²) < 4.78 is 48.7. The Bertz CT molecular complexity index is 1770. The molecule has 0 aliphatic heterocycles. The van der Waals surface area contributed by atoms with Crippen molar-refractivity contribution in [1.29, 1.82) is 5.26 Å². The fourth-order valence-electron chi connectivity index (χ4n) is 4.38. The van der Waals surface area contributed by atoms with Crippen LogP contribution in [0, 0.1) is 18.3 Å². The molecular weight excluding hydrogens is 519 g/mol. The normalized spacial score (nSPS) is 11.3. The first-order chi connectivity index (χ1) is 19.2. The number of para-hydroxylation sites is 1. The lowest BCUT2D eigenvalue weighted by atomic mass is 10.0. The summed E-state index contributed by atoms with van der Waals surface area (Å²) in [6, 6.07) is 24.1. The number of fused-ring (bicyclic) bond motifs is 1. The number of rotatable bonds is 6. The lowest BCUT2D eigenvalue weighted by Gasteiger charge is -2.13. The van der Waals surface area contributed by atoms with Crippen LogP contribution in [0.5, 0.6) is 5.75 Å². The van der Waals surface area contributed by atoms with Crippen LogP contribution in [-0.4, -0.2) is 27.8 Å². The third-order valence-corrected chi connectivity index (χ3v) is 6.46. The van der Waals surface area contributed by atoms with Gasteiger partial charge >= 0.3 is 6.18 Å². The summed E-state index contributed by atoms with van der Waals surface area (Å²) in [5.41, 5.74) is 1.42. The van der Waals surface area contributed by atoms with Crippen molar-refractivity contribution < 1.29 is 22.7 Å². The third kappa shape index (κ3) is 5.22. The molecule has 0 aliphatic carbocycles. The van der Waals surface area contributed by atoms with Crippen LogP contribution in [-0.2, 0) is 12.7 Å². The Kier molecular flexibility index (Phi) is 6.96. The van der Waals surface area contributed by atoms with E-state index in [9.17, 15) is 18.0 Å². The van der Waals surface area contributed by atoms with Gasteiger partial charge in [-0.25, -0.2) is 4.98 Å². The van der Waals surface area contributed by atoms with Crippen molar-refractivity contribution in [1.82, 2.24) is 14.8 Å². The molecule has 5 rings (SSSR count). The van der Waals surface area contributed by atoms with Crippen molar-refractivity contribution in [2.24, 2.45) is 0 Å². The van der Waals surface area contributed by atoms with Crippen LogP contribution in [0.4, 0.5) is 18.9 Å². The van der Waals surface area contributed by atoms with Gasteiger partial charge in [-0.3, -0.25) is 9.48 Å². The number of aromatic nitrogens is 3. The van der Waals surface area contributed by atoms with E-state index in [0.29, 0.717) is 39.0 Å². The third-order valence-electron chi connectivity index (χ3n) is 6.46. The van der Waals surface area contributed by atoms with Crippen LogP contribution < -0.4 is 10.1 Å². The second-order valence-electron chi connectivity index (χ2n) is 9.03. The molecule has 1 amide bonds. The monoisotopic (exact) mass is 541 g/mol. The van der Waals surface area contributed by atoms with Gasteiger partial charge in [0.25, 0.3) is 5.91 Å². The van der Waals surface area contributed by atoms with E-state index < -0.39 is 23.5 Å². The van der Waals surface area contributed by atoms with Gasteiger partial charge in [-0.2, -0.15) is 23.5 Å². The van der Waals surface area contributed by atoms with Gasteiger partial charge in [-0.05, 0) is 48.9 Å². The van der Waals surface area contributed by atoms with Gasteiger partial charge in [-0.1, -0.05) is 42.5 Å². The van der Waals surface area contributed by atoms with Crippen molar-refractivity contribution >= 4 is 22.5 Å². The Morgan fingerprint density at radius 3 is 2.50 bits per heavy atom. The van der Waals surface area contributed by atoms with Crippen molar-refractivity contribution in [2.75, 3.05) is 12.4 Å². The molecule has 0 atom stereocenters. The molecule has 200 valence electrons. The number of nitrogens with one attached hydrogen (secondary N) is 1. The zero-order valence-corrected chi connectivity index (χ0v) is 21.5. The number of carbonyl (C=O) groups excluding carboxylic acids is 1. The topological polar surface area (TPSA) is 92.8 Å². The molecule has 0 bridgehead atoms. The van der Waals surface area contributed by atoms with Crippen LogP contribution in [0.2, 0.25) is 0 Å². The van der Waals surface area contributed by atoms with Gasteiger partial charge in [0.15, 0.2) is 5.69 Å². The molecule has 7 nitrogen and oxygen atoms in total. The molecule has 5 aromatic rings. The number of ether oxygens (including phenoxy) is 1. The number of hydrogen-bond acceptors (Lipinski definition) is 5. The van der Waals surface area contributed by atoms with Crippen LogP contribution >= 0.6 is 0 Å². The van der Waals surface area contributed by atoms with E-state index in [4.69, 9.17) is 10.00 Å². The quantitative estimate of drug-likeness (QED) is 0.261. The Morgan fingerprint density at radius 2 is 1.80 bits per heavy atom. The van der Waals surface area contributed by atoms with Gasteiger partial charge < -0.3 is 10.1 Å². The molecule has 0 radical (unpaired) electrons. The van der Waals surface area contributed by atoms with Crippen molar-refractivity contribution in [2.45, 2.75) is 19.6 Å². The molecule has 2 heterocycles. The van der Waals surface area contributed by atoms with E-state index >= 15 is 0 Å². The summed E-state index contributed by atoms with van der Waals surface area (Å²) in [6.45, 7) is 1.49. The van der Waals surface area contributed by atoms with Crippen LogP contribution in [0.1, 0.15) is 32.9 Å². The Labute approximate surface area is 227 Å². The van der Waals surface area contributed by atoms with E-state index in [0.717, 1.165) is 0 Å². The number of nitriles is 1. The second kappa shape index (κ2) is 10.5. The average Bonchev–Trinajstić information content (AvgIpc) is 3.27. The molecule has 0 aliphatic rings. The SMILES string of the molecule is COc1cccc(-c2cc(C(=O)Nc3c(C(F)(F)F)nn(Cc4ccc(C#N)cc4)c3C)c3ccccc3n2)c1. The number of amides is 1. The first-order valence-corrected chi connectivity index (χ1v) is 12.2. The Hall–Kier alpha value is -5.17. The van der Waals surface area contributed by atoms with E-state index in [-0.39, 0.29) is 17.8 Å². The minimum Gasteiger partial charge on any atom is -0.497 e. The average molecular weight is 542 g/mol. The van der Waals surface area contributed by atoms with E-state index in [2.05, 4.69) is 15.4 Å². The van der Waals surface area contributed by atoms with E-state index in [1.807, 2.05) is 6.07 Å². The lowest BCUT2D eigenvalue weighted by molar-refractivity contribution is -0.140. The number of hydrogen-bond donors (Lipinski definition) is 1. The largest absolute Gasteiger partial charge is 0.497 e. The molecule has 0 saturated heterocycles. The molecule has 0 saturated carbocycles. The van der Waals surface area contributed by atoms with Crippen molar-refractivity contribution in [3.05, 3.63) is 107 Å². The maximum absolute atomic E-state index is 14.1. The highest BCUT2D eigenvalue weighted by molar-refractivity contribution is 6.13. The van der Waals surface area contributed by atoms with Crippen LogP contribution in [0.15, 0.2) is 78.9 Å². The van der Waals surface area contributed by atoms with E-state index in [1.54, 1.807) is 78.9 Å². The summed E-state index contributed by atoms with van der Waals surface area (Å²) in [7, 11) is 1.54. The Morgan fingerprint density at radius 1 is 1.05 bits per heavy atom. The fourth-order valence-corrected chi connectivity index (χ4v) is 4.38. The van der Waals surface area contributed by atoms with Gasteiger partial charge in [-0.15, -0.1) is 0 Å². The van der Waals surface area contributed by atoms with Gasteiger partial charge in [0.05, 0.1) is 53.4 Å². The predicted molar refractivity (Wildman–Crippen MR) is 144 cm³/mol. The predicted octanol–water partition coefficient (Wildman–Crippen LogP) is 6.61. The minimum absolute atomic E-state index is 0.0225. The first kappa shape index (κ1) is 26.4. The number of carbonyl (C=O) groups is 1. The number of anilines is 1. The minimum atomic E-state index is -4.81. The molecule has 0 fully saturated rings. The standard InChI is InChI=1S/C30H22F3N5O2/c1-18-27(28(30(31,32)33)37-38(18)17-20-12-10-19(16-34)11-13-20)36-29(39)24-15-26(21-6-5-7-22(14-21)40-2)35-25-9-4-3-8-23(24)25/h3-15H,17H2,1-2H3,(H,36,39). The van der Waals surface area contributed by atoms with E-state index in [1.165, 1.54) is 18.7 Å². The summed E-state index contributed by atoms with van der Waals surface area (Å²) in [6.07, 6.45) is -4.81. The number of nitrogens with zero attached hydrogens (tertiary/aromatic N) is 4. The van der Waals surface area contributed by atoms with Gasteiger partial charge in [0, 0.05) is 10.9 Å². The number of benzene rings is 3. The second-order valence-corrected chi connectivity index (χ2v) is 9.03. The first-order valence-electron chi connectivity index (χ1n) is 12.2. The zero-order chi connectivity index (χ0) is 28.4. The van der Waals surface area contributed by atoms with Crippen LogP contribution in [0.3, 0.4) is 0 Å². The summed E-state index contributed by atoms with van der Waals surface area (Å²) >= 11 is 0. The highest BCUT2D eigenvalue weighted by Gasteiger charge is 2.39. The van der Waals surface area contributed by atoms with Gasteiger partial charge in [0.2, 0.25) is 0 Å². The fraction of sp³-hybridized carbons (Fsp3) is 0.133. The van der Waals surface area contributed by atoms with Crippen molar-refractivity contribution in [3.8, 4) is 23.1 Å². The number of alkyl halides is 3. The highest BCUT2D eigenvalue weighted by atomic mass is 19.4. The number of pyridine rings is 1. The summed E-state index contributed by atoms with van der Waals surface area (Å²) in [5.74, 6) is -0.132. The maximum Gasteiger partial charge on any atom is 0.437 e. The van der Waals surface area contributed by atoms with Gasteiger partial charge in [0.1, 0.15) is 5.75 Å². The molecule has 0 unspecified atom stereocenters. The zero-order valence-electron chi connectivity index (χ0n) is 21.5. The van der Waals surface area contributed by atoms with Crippen LogP contribution in [0.25, 0.3) is 22.2 Å².